The Kier molecular flexibility index (Phi) is 5.25. The summed E-state index contributed by atoms with van der Waals surface area (Å²) >= 11 is 1.65. The number of phenols is 1. The van der Waals surface area contributed by atoms with Gasteiger partial charge in [0.2, 0.25) is 5.91 Å². The van der Waals surface area contributed by atoms with Gasteiger partial charge in [0, 0.05) is 10.6 Å². The average molecular weight is 302 g/mol. The molecule has 0 saturated carbocycles. The minimum absolute atomic E-state index is 0.200. The Morgan fingerprint density at radius 2 is 1.81 bits per heavy atom. The zero-order valence-corrected chi connectivity index (χ0v) is 12.6. The summed E-state index contributed by atoms with van der Waals surface area (Å²) in [5.41, 5.74) is 7.56. The molecular weight excluding hydrogens is 284 g/mol. The summed E-state index contributed by atoms with van der Waals surface area (Å²) in [6, 6.07) is 13.7. The number of benzene rings is 2. The Labute approximate surface area is 128 Å². The van der Waals surface area contributed by atoms with Crippen molar-refractivity contribution >= 4 is 23.4 Å². The van der Waals surface area contributed by atoms with Crippen LogP contribution in [0.3, 0.4) is 0 Å². The summed E-state index contributed by atoms with van der Waals surface area (Å²) in [6.07, 6.45) is 2.43. The van der Waals surface area contributed by atoms with Gasteiger partial charge in [-0.2, -0.15) is 0 Å². The molecule has 4 N–H and O–H groups in total. The van der Waals surface area contributed by atoms with Gasteiger partial charge in [0.05, 0.1) is 6.04 Å². The number of carbonyl (C=O) groups is 1. The lowest BCUT2D eigenvalue weighted by molar-refractivity contribution is -0.117. The van der Waals surface area contributed by atoms with Crippen LogP contribution < -0.4 is 11.1 Å². The van der Waals surface area contributed by atoms with Crippen molar-refractivity contribution in [2.24, 2.45) is 5.73 Å². The molecule has 0 aliphatic carbocycles. The Balaban J connectivity index is 1.93. The number of nitrogens with one attached hydrogen (secondary N) is 1. The highest BCUT2D eigenvalue weighted by atomic mass is 32.2. The summed E-state index contributed by atoms with van der Waals surface area (Å²) in [4.78, 5) is 13.2. The molecule has 5 heteroatoms. The molecule has 0 spiro atoms. The van der Waals surface area contributed by atoms with E-state index in [-0.39, 0.29) is 11.7 Å². The molecule has 1 atom stereocenters. The molecule has 0 fully saturated rings. The maximum atomic E-state index is 12.0. The second kappa shape index (κ2) is 7.15. The number of thioether (sulfide) groups is 1. The van der Waals surface area contributed by atoms with Gasteiger partial charge < -0.3 is 16.2 Å². The fraction of sp³-hybridized carbons (Fsp3) is 0.188. The van der Waals surface area contributed by atoms with Crippen molar-refractivity contribution in [1.82, 2.24) is 0 Å². The van der Waals surface area contributed by atoms with Crippen LogP contribution in [-0.2, 0) is 11.2 Å². The Hall–Kier alpha value is -1.98. The third-order valence-electron chi connectivity index (χ3n) is 3.09. The van der Waals surface area contributed by atoms with Crippen LogP contribution in [0.1, 0.15) is 5.56 Å². The van der Waals surface area contributed by atoms with Gasteiger partial charge >= 0.3 is 0 Å². The highest BCUT2D eigenvalue weighted by Gasteiger charge is 2.14. The van der Waals surface area contributed by atoms with Crippen LogP contribution >= 0.6 is 11.8 Å². The van der Waals surface area contributed by atoms with Crippen molar-refractivity contribution in [2.75, 3.05) is 11.6 Å². The largest absolute Gasteiger partial charge is 0.508 e. The van der Waals surface area contributed by atoms with E-state index < -0.39 is 6.04 Å². The first-order valence-electron chi connectivity index (χ1n) is 6.57. The average Bonchev–Trinajstić information content (AvgIpc) is 2.50. The van der Waals surface area contributed by atoms with E-state index in [1.165, 1.54) is 0 Å². The Bertz CT molecular complexity index is 597. The molecule has 0 heterocycles. The molecule has 2 aromatic carbocycles. The molecule has 21 heavy (non-hydrogen) atoms. The zero-order valence-electron chi connectivity index (χ0n) is 11.7. The molecule has 2 rings (SSSR count). The van der Waals surface area contributed by atoms with Crippen LogP contribution in [0.25, 0.3) is 0 Å². The van der Waals surface area contributed by atoms with Crippen molar-refractivity contribution < 1.29 is 9.90 Å². The number of carbonyl (C=O) groups excluding carboxylic acids is 1. The van der Waals surface area contributed by atoms with E-state index in [9.17, 15) is 9.90 Å². The van der Waals surface area contributed by atoms with Gasteiger partial charge in [-0.15, -0.1) is 11.8 Å². The lowest BCUT2D eigenvalue weighted by Gasteiger charge is -2.12. The monoisotopic (exact) mass is 302 g/mol. The molecular formula is C16H18N2O2S. The zero-order chi connectivity index (χ0) is 15.2. The van der Waals surface area contributed by atoms with E-state index in [1.807, 2.05) is 30.5 Å². The first-order chi connectivity index (χ1) is 10.1. The van der Waals surface area contributed by atoms with Crippen molar-refractivity contribution in [3.63, 3.8) is 0 Å². The number of hydrogen-bond acceptors (Lipinski definition) is 4. The molecule has 1 amide bonds. The number of phenolic OH excluding ortho intramolecular Hbond substituents is 1. The van der Waals surface area contributed by atoms with Crippen LogP contribution in [0.5, 0.6) is 5.75 Å². The molecule has 2 aromatic rings. The first kappa shape index (κ1) is 15.4. The van der Waals surface area contributed by atoms with Crippen LogP contribution in [0.15, 0.2) is 53.4 Å². The standard InChI is InChI=1S/C16H18N2O2S/c1-21-14-8-4-12(5-9-14)18-16(20)15(17)10-11-2-6-13(19)7-3-11/h2-9,15,19H,10,17H2,1H3,(H,18,20)/t15-/m0/s1. The lowest BCUT2D eigenvalue weighted by atomic mass is 10.1. The second-order valence-corrected chi connectivity index (χ2v) is 5.57. The van der Waals surface area contributed by atoms with Gasteiger partial charge in [-0.05, 0) is 54.6 Å². The molecule has 0 aliphatic rings. The lowest BCUT2D eigenvalue weighted by Crippen LogP contribution is -2.37. The quantitative estimate of drug-likeness (QED) is 0.742. The van der Waals surface area contributed by atoms with Crippen LogP contribution in [0.2, 0.25) is 0 Å². The predicted octanol–water partition coefficient (Wildman–Crippen LogP) is 2.62. The predicted molar refractivity (Wildman–Crippen MR) is 86.6 cm³/mol. The first-order valence-corrected chi connectivity index (χ1v) is 7.79. The molecule has 0 aliphatic heterocycles. The topological polar surface area (TPSA) is 75.4 Å². The van der Waals surface area contributed by atoms with E-state index in [1.54, 1.807) is 36.0 Å². The van der Waals surface area contributed by atoms with E-state index >= 15 is 0 Å². The van der Waals surface area contributed by atoms with E-state index in [0.29, 0.717) is 6.42 Å². The Morgan fingerprint density at radius 3 is 2.38 bits per heavy atom. The number of rotatable bonds is 5. The number of anilines is 1. The van der Waals surface area contributed by atoms with Crippen molar-refractivity contribution in [3.05, 3.63) is 54.1 Å². The minimum atomic E-state index is -0.630. The highest BCUT2D eigenvalue weighted by molar-refractivity contribution is 7.98. The maximum absolute atomic E-state index is 12.0. The fourth-order valence-electron chi connectivity index (χ4n) is 1.89. The SMILES string of the molecule is CSc1ccc(NC(=O)[C@@H](N)Cc2ccc(O)cc2)cc1. The van der Waals surface area contributed by atoms with Crippen LogP contribution in [0, 0.1) is 0 Å². The fourth-order valence-corrected chi connectivity index (χ4v) is 2.30. The molecule has 0 saturated heterocycles. The normalized spacial score (nSPS) is 11.9. The second-order valence-electron chi connectivity index (χ2n) is 4.69. The third kappa shape index (κ3) is 4.51. The number of hydrogen-bond donors (Lipinski definition) is 3. The Morgan fingerprint density at radius 1 is 1.19 bits per heavy atom. The van der Waals surface area contributed by atoms with Gasteiger partial charge in [0.15, 0.2) is 0 Å². The van der Waals surface area contributed by atoms with Crippen molar-refractivity contribution in [2.45, 2.75) is 17.4 Å². The number of aromatic hydroxyl groups is 1. The van der Waals surface area contributed by atoms with E-state index in [4.69, 9.17) is 5.73 Å². The van der Waals surface area contributed by atoms with Gasteiger partial charge in [0.1, 0.15) is 5.75 Å². The van der Waals surface area contributed by atoms with E-state index in [0.717, 1.165) is 16.1 Å². The smallest absolute Gasteiger partial charge is 0.241 e. The maximum Gasteiger partial charge on any atom is 0.241 e. The van der Waals surface area contributed by atoms with Crippen molar-refractivity contribution in [1.29, 1.82) is 0 Å². The summed E-state index contributed by atoms with van der Waals surface area (Å²) < 4.78 is 0. The number of nitrogens with two attached hydrogens (primary N) is 1. The third-order valence-corrected chi connectivity index (χ3v) is 3.83. The van der Waals surface area contributed by atoms with Crippen LogP contribution in [0.4, 0.5) is 5.69 Å². The van der Waals surface area contributed by atoms with Gasteiger partial charge in [-0.3, -0.25) is 4.79 Å². The van der Waals surface area contributed by atoms with Gasteiger partial charge in [0.25, 0.3) is 0 Å². The van der Waals surface area contributed by atoms with Gasteiger partial charge in [-0.1, -0.05) is 12.1 Å². The summed E-state index contributed by atoms with van der Waals surface area (Å²) in [6.45, 7) is 0. The van der Waals surface area contributed by atoms with Crippen molar-refractivity contribution in [3.8, 4) is 5.75 Å². The highest BCUT2D eigenvalue weighted by Crippen LogP contribution is 2.18. The molecule has 0 aromatic heterocycles. The van der Waals surface area contributed by atoms with E-state index in [2.05, 4.69) is 5.32 Å². The molecule has 110 valence electrons. The summed E-state index contributed by atoms with van der Waals surface area (Å²) in [5.74, 6) is -0.0226. The van der Waals surface area contributed by atoms with Gasteiger partial charge in [-0.25, -0.2) is 0 Å². The molecule has 4 nitrogen and oxygen atoms in total. The molecule has 0 bridgehead atoms. The minimum Gasteiger partial charge on any atom is -0.508 e. The number of amides is 1. The molecule has 0 radical (unpaired) electrons. The molecule has 0 unspecified atom stereocenters. The summed E-state index contributed by atoms with van der Waals surface area (Å²) in [5, 5.41) is 12.0. The van der Waals surface area contributed by atoms with Crippen LogP contribution in [-0.4, -0.2) is 23.3 Å². The summed E-state index contributed by atoms with van der Waals surface area (Å²) in [7, 11) is 0.